The van der Waals surface area contributed by atoms with Crippen LogP contribution in [0.2, 0.25) is 0 Å². The zero-order valence-electron chi connectivity index (χ0n) is 13.3. The molecular weight excluding hydrogens is 282 g/mol. The van der Waals surface area contributed by atoms with E-state index in [1.54, 1.807) is 18.0 Å². The standard InChI is InChI=1S/C16H27N3O3/c1-2-22-16(21)19-11-8-14(9-12-19)18-15(20)17-10-7-13-5-3-4-6-13/h7,10,13-14H,2-6,8-9,11-12H2,1H3,(H2,17,18,20)/b10-7+. The molecule has 0 unspecified atom stereocenters. The Morgan fingerprint density at radius 3 is 2.50 bits per heavy atom. The normalized spacial score (nSPS) is 20.3. The number of hydrogen-bond acceptors (Lipinski definition) is 3. The highest BCUT2D eigenvalue weighted by Crippen LogP contribution is 2.25. The van der Waals surface area contributed by atoms with Crippen LogP contribution >= 0.6 is 0 Å². The minimum absolute atomic E-state index is 0.116. The van der Waals surface area contributed by atoms with Gasteiger partial charge in [0, 0.05) is 25.3 Å². The lowest BCUT2D eigenvalue weighted by atomic mass is 10.1. The third kappa shape index (κ3) is 5.24. The lowest BCUT2D eigenvalue weighted by molar-refractivity contribution is 0.0958. The Bertz CT molecular complexity index is 397. The number of likely N-dealkylation sites (tertiary alicyclic amines) is 1. The highest BCUT2D eigenvalue weighted by molar-refractivity contribution is 5.75. The first-order valence-corrected chi connectivity index (χ1v) is 8.34. The van der Waals surface area contributed by atoms with E-state index < -0.39 is 0 Å². The number of carbonyl (C=O) groups excluding carboxylic acids is 2. The van der Waals surface area contributed by atoms with Crippen LogP contribution in [0.15, 0.2) is 12.3 Å². The summed E-state index contributed by atoms with van der Waals surface area (Å²) in [7, 11) is 0. The molecule has 2 fully saturated rings. The zero-order valence-corrected chi connectivity index (χ0v) is 13.3. The number of amides is 3. The van der Waals surface area contributed by atoms with Gasteiger partial charge in [-0.1, -0.05) is 18.9 Å². The molecule has 0 aromatic heterocycles. The second-order valence-corrected chi connectivity index (χ2v) is 5.98. The summed E-state index contributed by atoms with van der Waals surface area (Å²) >= 11 is 0. The van der Waals surface area contributed by atoms with E-state index in [1.165, 1.54) is 25.7 Å². The number of allylic oxidation sites excluding steroid dienone is 1. The fourth-order valence-electron chi connectivity index (χ4n) is 3.06. The summed E-state index contributed by atoms with van der Waals surface area (Å²) < 4.78 is 4.98. The Kier molecular flexibility index (Phi) is 6.55. The molecule has 1 saturated carbocycles. The maximum atomic E-state index is 11.8. The quantitative estimate of drug-likeness (QED) is 0.838. The molecule has 0 atom stereocenters. The van der Waals surface area contributed by atoms with Gasteiger partial charge in [0.2, 0.25) is 0 Å². The van der Waals surface area contributed by atoms with E-state index in [0.29, 0.717) is 25.6 Å². The number of hydrogen-bond donors (Lipinski definition) is 2. The van der Waals surface area contributed by atoms with Crippen molar-refractivity contribution in [2.45, 2.75) is 51.5 Å². The molecule has 2 N–H and O–H groups in total. The van der Waals surface area contributed by atoms with Gasteiger partial charge in [-0.3, -0.25) is 0 Å². The maximum absolute atomic E-state index is 11.8. The summed E-state index contributed by atoms with van der Waals surface area (Å²) in [5.74, 6) is 0.619. The highest BCUT2D eigenvalue weighted by Gasteiger charge is 2.24. The van der Waals surface area contributed by atoms with Crippen molar-refractivity contribution in [3.8, 4) is 0 Å². The molecule has 0 bridgehead atoms. The fourth-order valence-corrected chi connectivity index (χ4v) is 3.06. The molecule has 0 aromatic carbocycles. The second kappa shape index (κ2) is 8.66. The van der Waals surface area contributed by atoms with Crippen LogP contribution in [0.5, 0.6) is 0 Å². The number of ether oxygens (including phenoxy) is 1. The van der Waals surface area contributed by atoms with Crippen molar-refractivity contribution in [3.63, 3.8) is 0 Å². The van der Waals surface area contributed by atoms with Gasteiger partial charge in [0.25, 0.3) is 0 Å². The smallest absolute Gasteiger partial charge is 0.409 e. The number of piperidine rings is 1. The number of urea groups is 1. The van der Waals surface area contributed by atoms with Gasteiger partial charge in [0.1, 0.15) is 0 Å². The van der Waals surface area contributed by atoms with Gasteiger partial charge in [0.05, 0.1) is 6.61 Å². The molecule has 0 radical (unpaired) electrons. The van der Waals surface area contributed by atoms with E-state index in [-0.39, 0.29) is 18.2 Å². The molecule has 1 heterocycles. The maximum Gasteiger partial charge on any atom is 0.409 e. The van der Waals surface area contributed by atoms with Gasteiger partial charge in [-0.05, 0) is 38.5 Å². The van der Waals surface area contributed by atoms with Crippen molar-refractivity contribution in [3.05, 3.63) is 12.3 Å². The van der Waals surface area contributed by atoms with Crippen LogP contribution in [0.4, 0.5) is 9.59 Å². The first-order chi connectivity index (χ1) is 10.7. The van der Waals surface area contributed by atoms with E-state index >= 15 is 0 Å². The summed E-state index contributed by atoms with van der Waals surface area (Å²) in [4.78, 5) is 25.1. The molecular formula is C16H27N3O3. The zero-order chi connectivity index (χ0) is 15.8. The van der Waals surface area contributed by atoms with E-state index in [2.05, 4.69) is 16.7 Å². The van der Waals surface area contributed by atoms with Crippen LogP contribution in [-0.4, -0.2) is 42.8 Å². The van der Waals surface area contributed by atoms with Crippen molar-refractivity contribution >= 4 is 12.1 Å². The van der Waals surface area contributed by atoms with E-state index in [9.17, 15) is 9.59 Å². The van der Waals surface area contributed by atoms with Gasteiger partial charge >= 0.3 is 12.1 Å². The van der Waals surface area contributed by atoms with Gasteiger partial charge in [-0.25, -0.2) is 9.59 Å². The van der Waals surface area contributed by atoms with Crippen molar-refractivity contribution in [1.29, 1.82) is 0 Å². The van der Waals surface area contributed by atoms with Gasteiger partial charge < -0.3 is 20.3 Å². The summed E-state index contributed by atoms with van der Waals surface area (Å²) in [6.45, 7) is 3.45. The molecule has 3 amide bonds. The summed E-state index contributed by atoms with van der Waals surface area (Å²) in [6.07, 6.45) is 10.2. The molecule has 124 valence electrons. The molecule has 2 rings (SSSR count). The summed E-state index contributed by atoms with van der Waals surface area (Å²) in [5.41, 5.74) is 0. The Morgan fingerprint density at radius 1 is 1.18 bits per heavy atom. The van der Waals surface area contributed by atoms with E-state index in [4.69, 9.17) is 4.74 Å². The summed E-state index contributed by atoms with van der Waals surface area (Å²) in [6, 6.07) is -0.0469. The van der Waals surface area contributed by atoms with E-state index in [1.807, 2.05) is 0 Å². The van der Waals surface area contributed by atoms with Crippen LogP contribution in [0, 0.1) is 5.92 Å². The number of rotatable bonds is 4. The minimum Gasteiger partial charge on any atom is -0.450 e. The van der Waals surface area contributed by atoms with E-state index in [0.717, 1.165) is 12.8 Å². The first-order valence-electron chi connectivity index (χ1n) is 8.34. The van der Waals surface area contributed by atoms with Gasteiger partial charge in [-0.15, -0.1) is 0 Å². The third-order valence-corrected chi connectivity index (χ3v) is 4.34. The predicted octanol–water partition coefficient (Wildman–Crippen LogP) is 2.61. The molecule has 1 aliphatic heterocycles. The lowest BCUT2D eigenvalue weighted by Crippen LogP contribution is -2.48. The number of nitrogens with zero attached hydrogens (tertiary/aromatic N) is 1. The van der Waals surface area contributed by atoms with Crippen molar-refractivity contribution in [2.24, 2.45) is 5.92 Å². The SMILES string of the molecule is CCOC(=O)N1CCC(NC(=O)N/C=C/C2CCCC2)CC1. The molecule has 6 heteroatoms. The Balaban J connectivity index is 1.62. The molecule has 6 nitrogen and oxygen atoms in total. The van der Waals surface area contributed by atoms with Gasteiger partial charge in [0.15, 0.2) is 0 Å². The Hall–Kier alpha value is -1.72. The fraction of sp³-hybridized carbons (Fsp3) is 0.750. The van der Waals surface area contributed by atoms with Crippen molar-refractivity contribution in [1.82, 2.24) is 15.5 Å². The largest absolute Gasteiger partial charge is 0.450 e. The van der Waals surface area contributed by atoms with Crippen molar-refractivity contribution in [2.75, 3.05) is 19.7 Å². The van der Waals surface area contributed by atoms with Crippen LogP contribution < -0.4 is 10.6 Å². The lowest BCUT2D eigenvalue weighted by Gasteiger charge is -2.31. The molecule has 1 saturated heterocycles. The molecule has 0 aromatic rings. The molecule has 2 aliphatic rings. The topological polar surface area (TPSA) is 70.7 Å². The molecule has 0 spiro atoms. The number of carbonyl (C=O) groups is 2. The average molecular weight is 309 g/mol. The van der Waals surface area contributed by atoms with Crippen LogP contribution in [0.1, 0.15) is 45.4 Å². The Labute approximate surface area is 132 Å². The predicted molar refractivity (Wildman–Crippen MR) is 84.4 cm³/mol. The van der Waals surface area contributed by atoms with Crippen LogP contribution in [0.25, 0.3) is 0 Å². The minimum atomic E-state index is -0.259. The molecule has 22 heavy (non-hydrogen) atoms. The van der Waals surface area contributed by atoms with Gasteiger partial charge in [-0.2, -0.15) is 0 Å². The number of nitrogens with one attached hydrogen (secondary N) is 2. The summed E-state index contributed by atoms with van der Waals surface area (Å²) in [5, 5.41) is 5.73. The highest BCUT2D eigenvalue weighted by atomic mass is 16.6. The first kappa shape index (κ1) is 16.6. The van der Waals surface area contributed by atoms with Crippen molar-refractivity contribution < 1.29 is 14.3 Å². The average Bonchev–Trinajstić information content (AvgIpc) is 3.01. The third-order valence-electron chi connectivity index (χ3n) is 4.34. The van der Waals surface area contributed by atoms with Crippen LogP contribution in [-0.2, 0) is 4.74 Å². The van der Waals surface area contributed by atoms with Crippen LogP contribution in [0.3, 0.4) is 0 Å². The second-order valence-electron chi connectivity index (χ2n) is 5.98. The molecule has 1 aliphatic carbocycles. The Morgan fingerprint density at radius 2 is 1.86 bits per heavy atom. The monoisotopic (exact) mass is 309 g/mol.